The van der Waals surface area contributed by atoms with Crippen molar-refractivity contribution in [3.8, 4) is 17.6 Å². The number of hydrogen-bond donors (Lipinski definition) is 1. The van der Waals surface area contributed by atoms with Crippen LogP contribution in [0.4, 0.5) is 10.7 Å². The van der Waals surface area contributed by atoms with Crippen LogP contribution >= 0.6 is 11.3 Å². The Morgan fingerprint density at radius 3 is 2.36 bits per heavy atom. The van der Waals surface area contributed by atoms with E-state index in [0.29, 0.717) is 17.1 Å². The number of hydrogen-bond acceptors (Lipinski definition) is 5. The van der Waals surface area contributed by atoms with Gasteiger partial charge in [0.2, 0.25) is 0 Å². The Morgan fingerprint density at radius 2 is 1.73 bits per heavy atom. The van der Waals surface area contributed by atoms with Crippen LogP contribution in [0.2, 0.25) is 0 Å². The minimum Gasteiger partial charge on any atom is -0.493 e. The zero-order chi connectivity index (χ0) is 15.5. The van der Waals surface area contributed by atoms with E-state index in [0.717, 1.165) is 20.8 Å². The van der Waals surface area contributed by atoms with Crippen LogP contribution in [0.3, 0.4) is 0 Å². The van der Waals surface area contributed by atoms with Gasteiger partial charge in [-0.15, -0.1) is 11.3 Å². The van der Waals surface area contributed by atoms with Gasteiger partial charge < -0.3 is 14.8 Å². The highest BCUT2D eigenvalue weighted by molar-refractivity contribution is 7.23. The first-order valence-electron chi connectivity index (χ1n) is 6.67. The summed E-state index contributed by atoms with van der Waals surface area (Å²) in [5.74, 6) is 1.28. The van der Waals surface area contributed by atoms with Gasteiger partial charge in [-0.05, 0) is 18.2 Å². The molecule has 0 aliphatic rings. The quantitative estimate of drug-likeness (QED) is 0.769. The molecule has 110 valence electrons. The Morgan fingerprint density at radius 1 is 1.05 bits per heavy atom. The van der Waals surface area contributed by atoms with E-state index in [1.807, 2.05) is 42.5 Å². The fourth-order valence-electron chi connectivity index (χ4n) is 2.28. The molecule has 5 heteroatoms. The number of fused-ring (bicyclic) bond motifs is 1. The maximum Gasteiger partial charge on any atom is 0.162 e. The average molecular weight is 310 g/mol. The summed E-state index contributed by atoms with van der Waals surface area (Å²) in [6.07, 6.45) is 0. The summed E-state index contributed by atoms with van der Waals surface area (Å²) in [6, 6.07) is 15.8. The second kappa shape index (κ2) is 5.96. The van der Waals surface area contributed by atoms with Crippen LogP contribution in [-0.2, 0) is 0 Å². The van der Waals surface area contributed by atoms with Gasteiger partial charge in [-0.1, -0.05) is 18.2 Å². The lowest BCUT2D eigenvalue weighted by Gasteiger charge is -2.06. The smallest absolute Gasteiger partial charge is 0.162 e. The van der Waals surface area contributed by atoms with E-state index in [2.05, 4.69) is 11.4 Å². The van der Waals surface area contributed by atoms with Crippen molar-refractivity contribution >= 4 is 32.1 Å². The molecule has 0 saturated carbocycles. The zero-order valence-corrected chi connectivity index (χ0v) is 13.0. The van der Waals surface area contributed by atoms with E-state index in [1.165, 1.54) is 11.3 Å². The van der Waals surface area contributed by atoms with Crippen LogP contribution in [0.25, 0.3) is 10.1 Å². The molecule has 0 amide bonds. The summed E-state index contributed by atoms with van der Waals surface area (Å²) in [4.78, 5) is 0. The molecule has 0 aliphatic carbocycles. The lowest BCUT2D eigenvalue weighted by Crippen LogP contribution is -1.90. The summed E-state index contributed by atoms with van der Waals surface area (Å²) in [5, 5.41) is 14.5. The molecule has 0 fully saturated rings. The molecule has 0 unspecified atom stereocenters. The lowest BCUT2D eigenvalue weighted by atomic mass is 10.1. The predicted octanol–water partition coefficient (Wildman–Crippen LogP) is 4.53. The zero-order valence-electron chi connectivity index (χ0n) is 12.2. The minimum absolute atomic E-state index is 0.616. The van der Waals surface area contributed by atoms with Crippen molar-refractivity contribution in [1.29, 1.82) is 5.26 Å². The highest BCUT2D eigenvalue weighted by atomic mass is 32.1. The SMILES string of the molecule is COc1cc2sc(Nc3ccccc3)c(C#N)c2cc1OC. The summed E-state index contributed by atoms with van der Waals surface area (Å²) < 4.78 is 11.6. The number of methoxy groups -OCH3 is 2. The van der Waals surface area contributed by atoms with Crippen molar-refractivity contribution in [3.63, 3.8) is 0 Å². The van der Waals surface area contributed by atoms with Crippen LogP contribution in [0, 0.1) is 11.3 Å². The van der Waals surface area contributed by atoms with Gasteiger partial charge >= 0.3 is 0 Å². The molecular formula is C17H14N2O2S. The molecule has 0 spiro atoms. The molecule has 1 aromatic heterocycles. The number of ether oxygens (including phenoxy) is 2. The number of rotatable bonds is 4. The molecule has 0 bridgehead atoms. The predicted molar refractivity (Wildman–Crippen MR) is 89.4 cm³/mol. The third-order valence-corrected chi connectivity index (χ3v) is 4.41. The molecule has 0 atom stereocenters. The summed E-state index contributed by atoms with van der Waals surface area (Å²) in [5.41, 5.74) is 1.56. The molecule has 3 aromatic rings. The maximum atomic E-state index is 9.52. The number of thiophene rings is 1. The van der Waals surface area contributed by atoms with Crippen molar-refractivity contribution in [3.05, 3.63) is 48.0 Å². The molecule has 1 heterocycles. The first kappa shape index (κ1) is 14.2. The van der Waals surface area contributed by atoms with Crippen LogP contribution in [0.5, 0.6) is 11.5 Å². The van der Waals surface area contributed by atoms with Gasteiger partial charge in [0.05, 0.1) is 19.8 Å². The van der Waals surface area contributed by atoms with E-state index in [4.69, 9.17) is 9.47 Å². The molecule has 3 rings (SSSR count). The topological polar surface area (TPSA) is 54.3 Å². The minimum atomic E-state index is 0.616. The molecule has 0 radical (unpaired) electrons. The fraction of sp³-hybridized carbons (Fsp3) is 0.118. The Kier molecular flexibility index (Phi) is 3.86. The van der Waals surface area contributed by atoms with Crippen molar-refractivity contribution < 1.29 is 9.47 Å². The number of nitrogens with one attached hydrogen (secondary N) is 1. The number of nitrogens with zero attached hydrogens (tertiary/aromatic N) is 1. The number of benzene rings is 2. The molecule has 22 heavy (non-hydrogen) atoms. The largest absolute Gasteiger partial charge is 0.493 e. The Bertz CT molecular complexity index is 850. The highest BCUT2D eigenvalue weighted by Gasteiger charge is 2.16. The standard InChI is InChI=1S/C17H14N2O2S/c1-20-14-8-12-13(10-18)17(19-11-6-4-3-5-7-11)22-16(12)9-15(14)21-2/h3-9,19H,1-2H3. The molecule has 0 aliphatic heterocycles. The summed E-state index contributed by atoms with van der Waals surface area (Å²) >= 11 is 1.52. The molecule has 2 aromatic carbocycles. The van der Waals surface area contributed by atoms with Gasteiger partial charge in [0.25, 0.3) is 0 Å². The fourth-order valence-corrected chi connectivity index (χ4v) is 3.36. The van der Waals surface area contributed by atoms with Crippen molar-refractivity contribution in [2.24, 2.45) is 0 Å². The van der Waals surface area contributed by atoms with Gasteiger partial charge in [0, 0.05) is 21.8 Å². The van der Waals surface area contributed by atoms with E-state index in [-0.39, 0.29) is 0 Å². The second-order valence-electron chi connectivity index (χ2n) is 4.61. The van der Waals surface area contributed by atoms with Gasteiger partial charge in [-0.2, -0.15) is 5.26 Å². The third kappa shape index (κ3) is 2.45. The summed E-state index contributed by atoms with van der Waals surface area (Å²) in [7, 11) is 3.19. The normalized spacial score (nSPS) is 10.2. The van der Waals surface area contributed by atoms with Gasteiger partial charge in [-0.3, -0.25) is 0 Å². The maximum absolute atomic E-state index is 9.52. The Labute approximate surface area is 132 Å². The van der Waals surface area contributed by atoms with Crippen LogP contribution in [0.15, 0.2) is 42.5 Å². The van der Waals surface area contributed by atoms with E-state index >= 15 is 0 Å². The first-order valence-corrected chi connectivity index (χ1v) is 7.49. The highest BCUT2D eigenvalue weighted by Crippen LogP contribution is 2.42. The van der Waals surface area contributed by atoms with Crippen LogP contribution < -0.4 is 14.8 Å². The van der Waals surface area contributed by atoms with Crippen molar-refractivity contribution in [1.82, 2.24) is 0 Å². The molecular weight excluding hydrogens is 296 g/mol. The van der Waals surface area contributed by atoms with Gasteiger partial charge in [0.15, 0.2) is 11.5 Å². The monoisotopic (exact) mass is 310 g/mol. The molecule has 0 saturated heterocycles. The van der Waals surface area contributed by atoms with Crippen LogP contribution in [-0.4, -0.2) is 14.2 Å². The number of anilines is 2. The Balaban J connectivity index is 2.13. The summed E-state index contributed by atoms with van der Waals surface area (Å²) in [6.45, 7) is 0. The number of para-hydroxylation sites is 1. The molecule has 4 nitrogen and oxygen atoms in total. The van der Waals surface area contributed by atoms with Crippen LogP contribution in [0.1, 0.15) is 5.56 Å². The van der Waals surface area contributed by atoms with E-state index < -0.39 is 0 Å². The van der Waals surface area contributed by atoms with Crippen molar-refractivity contribution in [2.75, 3.05) is 19.5 Å². The van der Waals surface area contributed by atoms with Gasteiger partial charge in [0.1, 0.15) is 11.1 Å². The van der Waals surface area contributed by atoms with Crippen molar-refractivity contribution in [2.45, 2.75) is 0 Å². The second-order valence-corrected chi connectivity index (χ2v) is 5.66. The lowest BCUT2D eigenvalue weighted by molar-refractivity contribution is 0.356. The van der Waals surface area contributed by atoms with Gasteiger partial charge in [-0.25, -0.2) is 0 Å². The number of nitriles is 1. The Hall–Kier alpha value is -2.71. The third-order valence-electron chi connectivity index (χ3n) is 3.34. The first-order chi connectivity index (χ1) is 10.8. The van der Waals surface area contributed by atoms with E-state index in [9.17, 15) is 5.26 Å². The molecule has 1 N–H and O–H groups in total. The van der Waals surface area contributed by atoms with E-state index in [1.54, 1.807) is 14.2 Å². The average Bonchev–Trinajstić information content (AvgIpc) is 2.90.